The number of imidazole rings is 1. The summed E-state index contributed by atoms with van der Waals surface area (Å²) < 4.78 is 7.64. The number of fused-ring (bicyclic) bond motifs is 1. The van der Waals surface area contributed by atoms with Crippen LogP contribution in [0.5, 0.6) is 5.75 Å². The van der Waals surface area contributed by atoms with E-state index >= 15 is 0 Å². The second kappa shape index (κ2) is 5.47. The minimum absolute atomic E-state index is 0.341. The van der Waals surface area contributed by atoms with Gasteiger partial charge in [-0.05, 0) is 36.4 Å². The highest BCUT2D eigenvalue weighted by molar-refractivity contribution is 6.30. The van der Waals surface area contributed by atoms with Crippen LogP contribution in [0.15, 0.2) is 42.5 Å². The molecule has 0 fully saturated rings. The van der Waals surface area contributed by atoms with Crippen LogP contribution >= 0.6 is 11.6 Å². The Labute approximate surface area is 127 Å². The van der Waals surface area contributed by atoms with Gasteiger partial charge in [-0.25, -0.2) is 4.98 Å². The van der Waals surface area contributed by atoms with Gasteiger partial charge in [0.1, 0.15) is 18.2 Å². The summed E-state index contributed by atoms with van der Waals surface area (Å²) in [6.45, 7) is 0.341. The first-order valence-electron chi connectivity index (χ1n) is 6.41. The molecule has 0 spiro atoms. The van der Waals surface area contributed by atoms with Gasteiger partial charge in [-0.1, -0.05) is 17.7 Å². The predicted octanol–water partition coefficient (Wildman–Crippen LogP) is 3.68. The smallest absolute Gasteiger partial charge is 0.147 e. The Hall–Kier alpha value is -2.51. The average Bonchev–Trinajstić information content (AvgIpc) is 2.81. The molecule has 5 heteroatoms. The van der Waals surface area contributed by atoms with E-state index in [9.17, 15) is 0 Å². The molecule has 0 aliphatic carbocycles. The van der Waals surface area contributed by atoms with Crippen molar-refractivity contribution < 1.29 is 4.74 Å². The third-order valence-electron chi connectivity index (χ3n) is 3.27. The molecule has 0 saturated carbocycles. The van der Waals surface area contributed by atoms with E-state index < -0.39 is 0 Å². The van der Waals surface area contributed by atoms with Crippen LogP contribution in [0.4, 0.5) is 0 Å². The van der Waals surface area contributed by atoms with E-state index in [1.54, 1.807) is 18.2 Å². The van der Waals surface area contributed by atoms with Crippen molar-refractivity contribution in [2.24, 2.45) is 7.05 Å². The van der Waals surface area contributed by atoms with Crippen molar-refractivity contribution >= 4 is 22.6 Å². The summed E-state index contributed by atoms with van der Waals surface area (Å²) in [5.41, 5.74) is 2.38. The molecule has 0 atom stereocenters. The van der Waals surface area contributed by atoms with Crippen molar-refractivity contribution in [1.82, 2.24) is 9.55 Å². The van der Waals surface area contributed by atoms with Crippen molar-refractivity contribution in [2.45, 2.75) is 6.61 Å². The molecule has 0 radical (unpaired) electrons. The van der Waals surface area contributed by atoms with Crippen molar-refractivity contribution in [3.63, 3.8) is 0 Å². The number of hydrogen-bond donors (Lipinski definition) is 0. The van der Waals surface area contributed by atoms with E-state index in [0.29, 0.717) is 22.9 Å². The van der Waals surface area contributed by atoms with Crippen LogP contribution in [0.2, 0.25) is 5.02 Å². The van der Waals surface area contributed by atoms with Gasteiger partial charge in [-0.2, -0.15) is 5.26 Å². The number of ether oxygens (including phenoxy) is 1. The van der Waals surface area contributed by atoms with Crippen LogP contribution in [-0.4, -0.2) is 9.55 Å². The molecule has 0 N–H and O–H groups in total. The van der Waals surface area contributed by atoms with Crippen LogP contribution in [0, 0.1) is 11.3 Å². The second-order valence-corrected chi connectivity index (χ2v) is 5.08. The van der Waals surface area contributed by atoms with Crippen LogP contribution < -0.4 is 4.74 Å². The Kier molecular flexibility index (Phi) is 3.51. The molecule has 4 nitrogen and oxygen atoms in total. The van der Waals surface area contributed by atoms with E-state index in [1.165, 1.54) is 0 Å². The summed E-state index contributed by atoms with van der Waals surface area (Å²) in [5.74, 6) is 1.49. The monoisotopic (exact) mass is 297 g/mol. The molecular weight excluding hydrogens is 286 g/mol. The summed E-state index contributed by atoms with van der Waals surface area (Å²) in [5, 5.41) is 9.59. The van der Waals surface area contributed by atoms with Gasteiger partial charge in [0.2, 0.25) is 0 Å². The number of hydrogen-bond acceptors (Lipinski definition) is 3. The quantitative estimate of drug-likeness (QED) is 0.741. The van der Waals surface area contributed by atoms with Gasteiger partial charge in [-0.15, -0.1) is 0 Å². The number of aryl methyl sites for hydroxylation is 1. The van der Waals surface area contributed by atoms with E-state index in [2.05, 4.69) is 11.1 Å². The SMILES string of the molecule is Cn1c(COc2cccc(Cl)c2)nc2ccc(C#N)cc21. The molecule has 21 heavy (non-hydrogen) atoms. The van der Waals surface area contributed by atoms with Crippen LogP contribution in [0.3, 0.4) is 0 Å². The Bertz CT molecular complexity index is 848. The van der Waals surface area contributed by atoms with Crippen molar-refractivity contribution in [2.75, 3.05) is 0 Å². The minimum Gasteiger partial charge on any atom is -0.486 e. The lowest BCUT2D eigenvalue weighted by Crippen LogP contribution is -2.03. The molecule has 0 saturated heterocycles. The molecule has 3 rings (SSSR count). The summed E-state index contributed by atoms with van der Waals surface area (Å²) in [4.78, 5) is 4.52. The van der Waals surface area contributed by atoms with Gasteiger partial charge in [0.25, 0.3) is 0 Å². The summed E-state index contributed by atoms with van der Waals surface area (Å²) in [7, 11) is 1.91. The number of aromatic nitrogens is 2. The highest BCUT2D eigenvalue weighted by Crippen LogP contribution is 2.20. The maximum atomic E-state index is 8.96. The third kappa shape index (κ3) is 2.69. The van der Waals surface area contributed by atoms with Gasteiger partial charge in [0, 0.05) is 12.1 Å². The van der Waals surface area contributed by atoms with Crippen LogP contribution in [-0.2, 0) is 13.7 Å². The Balaban J connectivity index is 1.87. The third-order valence-corrected chi connectivity index (χ3v) is 3.50. The summed E-state index contributed by atoms with van der Waals surface area (Å²) >= 11 is 5.92. The molecule has 0 aliphatic heterocycles. The molecule has 3 aromatic rings. The molecule has 104 valence electrons. The van der Waals surface area contributed by atoms with Gasteiger partial charge >= 0.3 is 0 Å². The highest BCUT2D eigenvalue weighted by Gasteiger charge is 2.09. The number of rotatable bonds is 3. The van der Waals surface area contributed by atoms with E-state index in [1.807, 2.05) is 35.9 Å². The van der Waals surface area contributed by atoms with Crippen molar-refractivity contribution in [3.05, 3.63) is 58.9 Å². The molecule has 0 unspecified atom stereocenters. The zero-order valence-electron chi connectivity index (χ0n) is 11.4. The molecule has 0 amide bonds. The summed E-state index contributed by atoms with van der Waals surface area (Å²) in [6, 6.07) is 14.8. The lowest BCUT2D eigenvalue weighted by Gasteiger charge is -2.06. The van der Waals surface area contributed by atoms with E-state index in [-0.39, 0.29) is 0 Å². The molecule has 0 bridgehead atoms. The van der Waals surface area contributed by atoms with Gasteiger partial charge in [0.15, 0.2) is 0 Å². The Morgan fingerprint density at radius 1 is 1.29 bits per heavy atom. The maximum Gasteiger partial charge on any atom is 0.147 e. The second-order valence-electron chi connectivity index (χ2n) is 4.65. The van der Waals surface area contributed by atoms with E-state index in [4.69, 9.17) is 21.6 Å². The topological polar surface area (TPSA) is 50.8 Å². The molecule has 0 aliphatic rings. The van der Waals surface area contributed by atoms with Crippen LogP contribution in [0.25, 0.3) is 11.0 Å². The molecular formula is C16H12ClN3O. The highest BCUT2D eigenvalue weighted by atomic mass is 35.5. The fourth-order valence-corrected chi connectivity index (χ4v) is 2.32. The number of nitriles is 1. The predicted molar refractivity (Wildman–Crippen MR) is 81.2 cm³/mol. The summed E-state index contributed by atoms with van der Waals surface area (Å²) in [6.07, 6.45) is 0. The van der Waals surface area contributed by atoms with Gasteiger partial charge in [-0.3, -0.25) is 0 Å². The fourth-order valence-electron chi connectivity index (χ4n) is 2.14. The number of nitrogens with zero attached hydrogens (tertiary/aromatic N) is 3. The fraction of sp³-hybridized carbons (Fsp3) is 0.125. The lowest BCUT2D eigenvalue weighted by molar-refractivity contribution is 0.292. The lowest BCUT2D eigenvalue weighted by atomic mass is 10.2. The largest absolute Gasteiger partial charge is 0.486 e. The molecule has 2 aromatic carbocycles. The minimum atomic E-state index is 0.341. The molecule has 1 aromatic heterocycles. The van der Waals surface area contributed by atoms with Crippen LogP contribution in [0.1, 0.15) is 11.4 Å². The average molecular weight is 298 g/mol. The number of benzene rings is 2. The van der Waals surface area contributed by atoms with Gasteiger partial charge in [0.05, 0.1) is 22.7 Å². The number of halogens is 1. The Morgan fingerprint density at radius 3 is 2.90 bits per heavy atom. The first-order valence-corrected chi connectivity index (χ1v) is 6.79. The van der Waals surface area contributed by atoms with Crippen molar-refractivity contribution in [3.8, 4) is 11.8 Å². The van der Waals surface area contributed by atoms with Crippen molar-refractivity contribution in [1.29, 1.82) is 5.26 Å². The zero-order valence-corrected chi connectivity index (χ0v) is 12.1. The first-order chi connectivity index (χ1) is 10.2. The zero-order chi connectivity index (χ0) is 14.8. The molecule has 1 heterocycles. The maximum absolute atomic E-state index is 8.96. The first kappa shape index (κ1) is 13.5. The normalized spacial score (nSPS) is 10.5. The van der Waals surface area contributed by atoms with Gasteiger partial charge < -0.3 is 9.30 Å². The van der Waals surface area contributed by atoms with E-state index in [0.717, 1.165) is 16.9 Å². The Morgan fingerprint density at radius 2 is 2.14 bits per heavy atom. The standard InChI is InChI=1S/C16H12ClN3O/c1-20-15-7-11(9-18)5-6-14(15)19-16(20)10-21-13-4-2-3-12(17)8-13/h2-8H,10H2,1H3.